The fourth-order valence-electron chi connectivity index (χ4n) is 4.60. The largest absolute Gasteiger partial charge is 0.362 e. The molecule has 1 unspecified atom stereocenters. The zero-order valence-electron chi connectivity index (χ0n) is 16.4. The maximum absolute atomic E-state index is 13.2. The topological polar surface area (TPSA) is 100.0 Å². The number of nitrogens with zero attached hydrogens (tertiary/aromatic N) is 2. The number of azo groups is 1. The van der Waals surface area contributed by atoms with Gasteiger partial charge in [0.25, 0.3) is 5.91 Å². The van der Waals surface area contributed by atoms with Crippen molar-refractivity contribution in [3.05, 3.63) is 52.9 Å². The van der Waals surface area contributed by atoms with Gasteiger partial charge in [0.15, 0.2) is 16.0 Å². The fourth-order valence-corrected chi connectivity index (χ4v) is 5.27. The monoisotopic (exact) mass is 400 g/mol. The summed E-state index contributed by atoms with van der Waals surface area (Å²) in [7, 11) is -3.38. The lowest BCUT2D eigenvalue weighted by Gasteiger charge is -2.48. The predicted octanol–water partition coefficient (Wildman–Crippen LogP) is 2.57. The molecule has 7 nitrogen and oxygen atoms in total. The van der Waals surface area contributed by atoms with Crippen LogP contribution < -0.4 is 10.6 Å². The molecule has 3 aliphatic heterocycles. The molecule has 3 aliphatic rings. The summed E-state index contributed by atoms with van der Waals surface area (Å²) in [5, 5.41) is 14.9. The molecule has 0 radical (unpaired) electrons. The van der Waals surface area contributed by atoms with Crippen LogP contribution in [-0.4, -0.2) is 32.3 Å². The van der Waals surface area contributed by atoms with Crippen molar-refractivity contribution in [3.63, 3.8) is 0 Å². The summed E-state index contributed by atoms with van der Waals surface area (Å²) in [5.41, 5.74) is 1.96. The van der Waals surface area contributed by atoms with Crippen LogP contribution in [0, 0.1) is 0 Å². The molecule has 2 atom stereocenters. The molecule has 1 aromatic rings. The first kappa shape index (κ1) is 18.9. The highest BCUT2D eigenvalue weighted by atomic mass is 32.2. The van der Waals surface area contributed by atoms with Gasteiger partial charge in [0.1, 0.15) is 0 Å². The van der Waals surface area contributed by atoms with Crippen LogP contribution >= 0.6 is 0 Å². The van der Waals surface area contributed by atoms with Crippen molar-refractivity contribution in [2.24, 2.45) is 10.2 Å². The van der Waals surface area contributed by atoms with Crippen molar-refractivity contribution in [1.82, 2.24) is 10.6 Å². The van der Waals surface area contributed by atoms with E-state index in [9.17, 15) is 13.2 Å². The molecule has 148 valence electrons. The molecule has 4 rings (SSSR count). The lowest BCUT2D eigenvalue weighted by atomic mass is 9.62. The molecule has 8 heteroatoms. The maximum atomic E-state index is 13.2. The molecule has 0 bridgehead atoms. The second-order valence-corrected chi connectivity index (χ2v) is 10.3. The van der Waals surface area contributed by atoms with Gasteiger partial charge >= 0.3 is 0 Å². The Hall–Kier alpha value is -2.48. The van der Waals surface area contributed by atoms with Crippen molar-refractivity contribution < 1.29 is 13.2 Å². The van der Waals surface area contributed by atoms with Gasteiger partial charge in [-0.25, -0.2) is 8.42 Å². The van der Waals surface area contributed by atoms with Gasteiger partial charge < -0.3 is 10.6 Å². The van der Waals surface area contributed by atoms with Gasteiger partial charge in [-0.1, -0.05) is 19.1 Å². The molecular formula is C20H24N4O3S. The van der Waals surface area contributed by atoms with Gasteiger partial charge in [-0.15, -0.1) is 0 Å². The van der Waals surface area contributed by atoms with E-state index in [0.717, 1.165) is 16.8 Å². The van der Waals surface area contributed by atoms with Crippen LogP contribution in [-0.2, 0) is 20.0 Å². The second-order valence-electron chi connectivity index (χ2n) is 8.29. The molecule has 3 heterocycles. The number of hydrogen-bond donors (Lipinski definition) is 2. The zero-order chi connectivity index (χ0) is 20.3. The first-order valence-electron chi connectivity index (χ1n) is 9.32. The van der Waals surface area contributed by atoms with Crippen molar-refractivity contribution in [2.45, 2.75) is 55.6 Å². The van der Waals surface area contributed by atoms with Crippen LogP contribution in [0.5, 0.6) is 0 Å². The number of nitrogens with one attached hydrogen (secondary N) is 2. The Labute approximate surface area is 164 Å². The highest BCUT2D eigenvalue weighted by Crippen LogP contribution is 2.51. The molecule has 28 heavy (non-hydrogen) atoms. The van der Waals surface area contributed by atoms with E-state index in [1.54, 1.807) is 24.4 Å². The lowest BCUT2D eigenvalue weighted by Crippen LogP contribution is -2.58. The predicted molar refractivity (Wildman–Crippen MR) is 105 cm³/mol. The number of carbonyl (C=O) groups is 1. The number of benzene rings is 1. The molecule has 1 amide bonds. The minimum atomic E-state index is -3.38. The fraction of sp³-hybridized carbons (Fsp3) is 0.450. The number of fused-ring (bicyclic) bond motifs is 1. The SMILES string of the molecule is CC[C@]1(c2cccc(S(C)(=O)=O)c2)C2=CN=NC2NC2=C1C(=O)NC(C)(C)C2. The van der Waals surface area contributed by atoms with E-state index in [0.29, 0.717) is 18.4 Å². The van der Waals surface area contributed by atoms with Crippen LogP contribution in [0.1, 0.15) is 39.2 Å². The molecule has 0 spiro atoms. The van der Waals surface area contributed by atoms with Gasteiger partial charge in [-0.05, 0) is 38.0 Å². The third-order valence-electron chi connectivity index (χ3n) is 5.79. The number of sulfone groups is 1. The average Bonchev–Trinajstić information content (AvgIpc) is 3.06. The normalized spacial score (nSPS) is 28.2. The highest BCUT2D eigenvalue weighted by Gasteiger charge is 2.53. The summed E-state index contributed by atoms with van der Waals surface area (Å²) in [6.07, 6.45) is 3.77. The molecule has 0 fully saturated rings. The van der Waals surface area contributed by atoms with Crippen molar-refractivity contribution in [2.75, 3.05) is 6.26 Å². The third kappa shape index (κ3) is 2.70. The van der Waals surface area contributed by atoms with Gasteiger partial charge in [0.05, 0.1) is 22.1 Å². The van der Waals surface area contributed by atoms with Crippen LogP contribution in [0.2, 0.25) is 0 Å². The maximum Gasteiger partial charge on any atom is 0.250 e. The summed E-state index contributed by atoms with van der Waals surface area (Å²) in [5.74, 6) is -0.142. The Morgan fingerprint density at radius 2 is 2.04 bits per heavy atom. The van der Waals surface area contributed by atoms with E-state index < -0.39 is 15.3 Å². The average molecular weight is 401 g/mol. The summed E-state index contributed by atoms with van der Waals surface area (Å²) < 4.78 is 24.3. The van der Waals surface area contributed by atoms with E-state index in [2.05, 4.69) is 20.9 Å². The third-order valence-corrected chi connectivity index (χ3v) is 6.90. The number of hydrogen-bond acceptors (Lipinski definition) is 6. The van der Waals surface area contributed by atoms with Crippen LogP contribution in [0.3, 0.4) is 0 Å². The molecule has 0 aliphatic carbocycles. The minimum Gasteiger partial charge on any atom is -0.362 e. The summed E-state index contributed by atoms with van der Waals surface area (Å²) in [4.78, 5) is 13.5. The summed E-state index contributed by atoms with van der Waals surface area (Å²) in [6, 6.07) is 6.88. The Bertz CT molecular complexity index is 1070. The quantitative estimate of drug-likeness (QED) is 0.814. The van der Waals surface area contributed by atoms with Crippen molar-refractivity contribution in [1.29, 1.82) is 0 Å². The minimum absolute atomic E-state index is 0.142. The van der Waals surface area contributed by atoms with Crippen LogP contribution in [0.25, 0.3) is 0 Å². The molecule has 0 aromatic heterocycles. The van der Waals surface area contributed by atoms with E-state index in [1.807, 2.05) is 26.8 Å². The first-order valence-corrected chi connectivity index (χ1v) is 11.2. The highest BCUT2D eigenvalue weighted by molar-refractivity contribution is 7.90. The van der Waals surface area contributed by atoms with E-state index in [1.165, 1.54) is 6.26 Å². The van der Waals surface area contributed by atoms with Gasteiger partial charge in [0, 0.05) is 29.5 Å². The number of carbonyl (C=O) groups excluding carboxylic acids is 1. The van der Waals surface area contributed by atoms with Crippen LogP contribution in [0.15, 0.2) is 62.4 Å². The second kappa shape index (κ2) is 6.01. The first-order chi connectivity index (χ1) is 13.1. The van der Waals surface area contributed by atoms with Gasteiger partial charge in [0.2, 0.25) is 0 Å². The van der Waals surface area contributed by atoms with Gasteiger partial charge in [-0.3, -0.25) is 4.79 Å². The van der Waals surface area contributed by atoms with Crippen LogP contribution in [0.4, 0.5) is 0 Å². The molecule has 0 saturated heterocycles. The van der Waals surface area contributed by atoms with Gasteiger partial charge in [-0.2, -0.15) is 10.2 Å². The Morgan fingerprint density at radius 3 is 2.71 bits per heavy atom. The lowest BCUT2D eigenvalue weighted by molar-refractivity contribution is -0.120. The Kier molecular flexibility index (Phi) is 4.05. The Balaban J connectivity index is 2.01. The molecule has 2 N–H and O–H groups in total. The standard InChI is InChI=1S/C20H24N4O3S/c1-5-20(12-7-6-8-13(9-12)28(4,26)27)14-11-21-24-17(14)22-15-10-19(2,3)23-18(25)16(15)20/h6-9,11,17,22H,5,10H2,1-4H3,(H,23,25)/t17?,20-/m0/s1. The van der Waals surface area contributed by atoms with Crippen molar-refractivity contribution >= 4 is 15.7 Å². The molecule has 0 saturated carbocycles. The molecular weight excluding hydrogens is 376 g/mol. The summed E-state index contributed by atoms with van der Waals surface area (Å²) in [6.45, 7) is 5.97. The number of amides is 1. The Morgan fingerprint density at radius 1 is 1.29 bits per heavy atom. The zero-order valence-corrected chi connectivity index (χ0v) is 17.2. The van der Waals surface area contributed by atoms with Crippen molar-refractivity contribution in [3.8, 4) is 0 Å². The van der Waals surface area contributed by atoms with E-state index in [4.69, 9.17) is 0 Å². The number of rotatable bonds is 3. The summed E-state index contributed by atoms with van der Waals surface area (Å²) >= 11 is 0. The smallest absolute Gasteiger partial charge is 0.250 e. The molecule has 1 aromatic carbocycles. The van der Waals surface area contributed by atoms with E-state index in [-0.39, 0.29) is 22.5 Å². The van der Waals surface area contributed by atoms with E-state index >= 15 is 0 Å².